The van der Waals surface area contributed by atoms with Gasteiger partial charge >= 0.3 is 0 Å². The highest BCUT2D eigenvalue weighted by molar-refractivity contribution is 6.32. The van der Waals surface area contributed by atoms with Gasteiger partial charge in [0.1, 0.15) is 5.58 Å². The standard InChI is InChI=1S/C17H13ClN2O3/c1-10-6-15-12(7-13(10)18)14(21)8-16(23-15)17(22)20-9-11-2-4-19-5-3-11/h2-8H,9H2,1H3,(H,20,22). The lowest BCUT2D eigenvalue weighted by molar-refractivity contribution is 0.0923. The zero-order valence-corrected chi connectivity index (χ0v) is 13.1. The van der Waals surface area contributed by atoms with E-state index in [1.54, 1.807) is 43.6 Å². The van der Waals surface area contributed by atoms with Crippen molar-refractivity contribution in [2.24, 2.45) is 0 Å². The molecule has 0 atom stereocenters. The Balaban J connectivity index is 1.89. The van der Waals surface area contributed by atoms with Crippen molar-refractivity contribution in [2.45, 2.75) is 13.5 Å². The number of hydrogen-bond donors (Lipinski definition) is 1. The van der Waals surface area contributed by atoms with Gasteiger partial charge in [-0.25, -0.2) is 0 Å². The van der Waals surface area contributed by atoms with Gasteiger partial charge in [-0.3, -0.25) is 14.6 Å². The van der Waals surface area contributed by atoms with Gasteiger partial charge in [-0.05, 0) is 42.3 Å². The molecular weight excluding hydrogens is 316 g/mol. The van der Waals surface area contributed by atoms with Crippen LogP contribution >= 0.6 is 11.6 Å². The molecular formula is C17H13ClN2O3. The lowest BCUT2D eigenvalue weighted by Gasteiger charge is -2.06. The molecule has 0 radical (unpaired) electrons. The normalized spacial score (nSPS) is 10.7. The summed E-state index contributed by atoms with van der Waals surface area (Å²) in [4.78, 5) is 28.2. The first-order valence-corrected chi connectivity index (χ1v) is 7.33. The van der Waals surface area contributed by atoms with Crippen LogP contribution in [0.25, 0.3) is 11.0 Å². The number of carbonyl (C=O) groups is 1. The fourth-order valence-corrected chi connectivity index (χ4v) is 2.32. The first kappa shape index (κ1) is 15.2. The number of amides is 1. The lowest BCUT2D eigenvalue weighted by Crippen LogP contribution is -2.24. The lowest BCUT2D eigenvalue weighted by atomic mass is 10.1. The maximum Gasteiger partial charge on any atom is 0.287 e. The summed E-state index contributed by atoms with van der Waals surface area (Å²) in [5.41, 5.74) is 1.71. The molecule has 0 unspecified atom stereocenters. The number of hydrogen-bond acceptors (Lipinski definition) is 4. The zero-order valence-electron chi connectivity index (χ0n) is 12.3. The second-order valence-corrected chi connectivity index (χ2v) is 5.52. The highest BCUT2D eigenvalue weighted by Gasteiger charge is 2.13. The van der Waals surface area contributed by atoms with Crippen LogP contribution < -0.4 is 10.7 Å². The topological polar surface area (TPSA) is 72.2 Å². The van der Waals surface area contributed by atoms with E-state index >= 15 is 0 Å². The molecule has 5 nitrogen and oxygen atoms in total. The molecule has 0 saturated carbocycles. The molecule has 2 heterocycles. The molecule has 3 aromatic rings. The minimum Gasteiger partial charge on any atom is -0.451 e. The molecule has 6 heteroatoms. The maximum atomic E-state index is 12.2. The van der Waals surface area contributed by atoms with Gasteiger partial charge in [-0.15, -0.1) is 0 Å². The van der Waals surface area contributed by atoms with E-state index in [-0.39, 0.29) is 11.2 Å². The van der Waals surface area contributed by atoms with E-state index in [1.807, 2.05) is 0 Å². The van der Waals surface area contributed by atoms with E-state index in [4.69, 9.17) is 16.0 Å². The van der Waals surface area contributed by atoms with Gasteiger partial charge < -0.3 is 9.73 Å². The molecule has 0 aliphatic heterocycles. The van der Waals surface area contributed by atoms with E-state index < -0.39 is 5.91 Å². The Morgan fingerprint density at radius 1 is 1.26 bits per heavy atom. The number of nitrogens with one attached hydrogen (secondary N) is 1. The number of aryl methyl sites for hydroxylation is 1. The number of carbonyl (C=O) groups excluding carboxylic acids is 1. The van der Waals surface area contributed by atoms with E-state index in [0.717, 1.165) is 11.1 Å². The summed E-state index contributed by atoms with van der Waals surface area (Å²) in [5.74, 6) is -0.480. The number of aromatic nitrogens is 1. The van der Waals surface area contributed by atoms with E-state index in [0.29, 0.717) is 22.5 Å². The van der Waals surface area contributed by atoms with Crippen LogP contribution in [0.1, 0.15) is 21.7 Å². The number of rotatable bonds is 3. The Bertz CT molecular complexity index is 936. The van der Waals surface area contributed by atoms with Crippen LogP contribution in [0.15, 0.2) is 51.9 Å². The van der Waals surface area contributed by atoms with Crippen molar-refractivity contribution in [1.29, 1.82) is 0 Å². The van der Waals surface area contributed by atoms with Crippen molar-refractivity contribution in [3.05, 3.63) is 74.9 Å². The highest BCUT2D eigenvalue weighted by Crippen LogP contribution is 2.22. The molecule has 0 saturated heterocycles. The first-order valence-electron chi connectivity index (χ1n) is 6.96. The maximum absolute atomic E-state index is 12.2. The van der Waals surface area contributed by atoms with Crippen LogP contribution in [0.4, 0.5) is 0 Å². The van der Waals surface area contributed by atoms with E-state index in [1.165, 1.54) is 6.07 Å². The number of benzene rings is 1. The van der Waals surface area contributed by atoms with Gasteiger partial charge in [-0.2, -0.15) is 0 Å². The Morgan fingerprint density at radius 2 is 2.00 bits per heavy atom. The summed E-state index contributed by atoms with van der Waals surface area (Å²) >= 11 is 6.01. The quantitative estimate of drug-likeness (QED) is 0.802. The Labute approximate surface area is 136 Å². The largest absolute Gasteiger partial charge is 0.451 e. The zero-order chi connectivity index (χ0) is 16.4. The summed E-state index contributed by atoms with van der Waals surface area (Å²) < 4.78 is 5.55. The Hall–Kier alpha value is -2.66. The summed E-state index contributed by atoms with van der Waals surface area (Å²) in [6, 6.07) is 7.97. The number of pyridine rings is 1. The van der Waals surface area contributed by atoms with E-state index in [2.05, 4.69) is 10.3 Å². The van der Waals surface area contributed by atoms with Crippen molar-refractivity contribution in [1.82, 2.24) is 10.3 Å². The molecule has 0 aliphatic rings. The molecule has 3 rings (SSSR count). The minimum absolute atomic E-state index is 0.0294. The van der Waals surface area contributed by atoms with Crippen molar-refractivity contribution >= 4 is 28.5 Å². The molecule has 0 bridgehead atoms. The molecule has 23 heavy (non-hydrogen) atoms. The van der Waals surface area contributed by atoms with Crippen LogP contribution in [0, 0.1) is 6.92 Å². The molecule has 0 fully saturated rings. The third kappa shape index (κ3) is 3.24. The fourth-order valence-electron chi connectivity index (χ4n) is 2.16. The van der Waals surface area contributed by atoms with Gasteiger partial charge in [0.25, 0.3) is 5.91 Å². The summed E-state index contributed by atoms with van der Waals surface area (Å²) in [6.07, 6.45) is 3.29. The second-order valence-electron chi connectivity index (χ2n) is 5.11. The van der Waals surface area contributed by atoms with Crippen LogP contribution in [0.5, 0.6) is 0 Å². The SMILES string of the molecule is Cc1cc2oc(C(=O)NCc3ccncc3)cc(=O)c2cc1Cl. The van der Waals surface area contributed by atoms with Gasteiger partial charge in [0.2, 0.25) is 0 Å². The van der Waals surface area contributed by atoms with Crippen LogP contribution in [0.3, 0.4) is 0 Å². The molecule has 0 spiro atoms. The summed E-state index contributed by atoms with van der Waals surface area (Å²) in [5, 5.41) is 3.55. The van der Waals surface area contributed by atoms with Gasteiger partial charge in [0, 0.05) is 30.0 Å². The molecule has 116 valence electrons. The van der Waals surface area contributed by atoms with E-state index in [9.17, 15) is 9.59 Å². The highest BCUT2D eigenvalue weighted by atomic mass is 35.5. The third-order valence-corrected chi connectivity index (χ3v) is 3.84. The molecule has 0 aliphatic carbocycles. The fraction of sp³-hybridized carbons (Fsp3) is 0.118. The Kier molecular flexibility index (Phi) is 4.12. The number of nitrogens with zero attached hydrogens (tertiary/aromatic N) is 1. The summed E-state index contributed by atoms with van der Waals surface area (Å²) in [7, 11) is 0. The number of halogens is 1. The third-order valence-electron chi connectivity index (χ3n) is 3.43. The number of fused-ring (bicyclic) bond motifs is 1. The van der Waals surface area contributed by atoms with Gasteiger partial charge in [0.05, 0.1) is 5.39 Å². The predicted octanol–water partition coefficient (Wildman–Crippen LogP) is 3.08. The molecule has 1 amide bonds. The minimum atomic E-state index is -0.451. The van der Waals surface area contributed by atoms with Gasteiger partial charge in [-0.1, -0.05) is 11.6 Å². The predicted molar refractivity (Wildman–Crippen MR) is 87.6 cm³/mol. The average Bonchev–Trinajstić information content (AvgIpc) is 2.55. The van der Waals surface area contributed by atoms with Crippen LogP contribution in [0.2, 0.25) is 5.02 Å². The van der Waals surface area contributed by atoms with Crippen molar-refractivity contribution in [2.75, 3.05) is 0 Å². The summed E-state index contributed by atoms with van der Waals surface area (Å²) in [6.45, 7) is 2.13. The van der Waals surface area contributed by atoms with Crippen LogP contribution in [-0.2, 0) is 6.54 Å². The molecule has 1 aromatic carbocycles. The first-order chi connectivity index (χ1) is 11.0. The van der Waals surface area contributed by atoms with Crippen molar-refractivity contribution in [3.8, 4) is 0 Å². The smallest absolute Gasteiger partial charge is 0.287 e. The molecule has 1 N–H and O–H groups in total. The van der Waals surface area contributed by atoms with Crippen molar-refractivity contribution in [3.63, 3.8) is 0 Å². The van der Waals surface area contributed by atoms with Crippen LogP contribution in [-0.4, -0.2) is 10.9 Å². The molecule has 2 aromatic heterocycles. The average molecular weight is 329 g/mol. The second kappa shape index (κ2) is 6.22. The van der Waals surface area contributed by atoms with Gasteiger partial charge in [0.15, 0.2) is 11.2 Å². The Morgan fingerprint density at radius 3 is 2.74 bits per heavy atom. The van der Waals surface area contributed by atoms with Crippen molar-refractivity contribution < 1.29 is 9.21 Å². The monoisotopic (exact) mass is 328 g/mol.